The number of carbonyl (C=O) groups is 3. The molecule has 2 atom stereocenters. The summed E-state index contributed by atoms with van der Waals surface area (Å²) in [6.45, 7) is 7.45. The molecule has 0 bridgehead atoms. The van der Waals surface area contributed by atoms with Crippen molar-refractivity contribution in [3.63, 3.8) is 0 Å². The lowest BCUT2D eigenvalue weighted by molar-refractivity contribution is -0.138. The third-order valence-electron chi connectivity index (χ3n) is 4.01. The first-order chi connectivity index (χ1) is 8.53. The molecule has 19 heavy (non-hydrogen) atoms. The standard InChI is InChI=1S/C14H19NO4/c1-6-7(2)12(17)10(8(3)11(6)16)9(4)14(5,19)13(15)18/h9,19H,1-5H3,(H2,15,18)/t9?,14-/m1/s1. The summed E-state index contributed by atoms with van der Waals surface area (Å²) in [5.74, 6) is -2.32. The van der Waals surface area contributed by atoms with Crippen LogP contribution in [0.4, 0.5) is 0 Å². The Bertz CT molecular complexity index is 538. The Labute approximate surface area is 112 Å². The van der Waals surface area contributed by atoms with E-state index >= 15 is 0 Å². The number of Topliss-reactive ketones (excluding diaryl/α,β-unsaturated/α-hetero) is 2. The van der Waals surface area contributed by atoms with Crippen LogP contribution in [0.1, 0.15) is 34.6 Å². The Morgan fingerprint density at radius 3 is 1.95 bits per heavy atom. The predicted octanol–water partition coefficient (Wildman–Crippen LogP) is 0.663. The van der Waals surface area contributed by atoms with E-state index in [2.05, 4.69) is 0 Å². The number of ketones is 2. The van der Waals surface area contributed by atoms with Crippen LogP contribution in [0.15, 0.2) is 22.3 Å². The number of rotatable bonds is 3. The number of amides is 1. The van der Waals surface area contributed by atoms with Gasteiger partial charge in [0.1, 0.15) is 5.60 Å². The second-order valence-electron chi connectivity index (χ2n) is 5.18. The van der Waals surface area contributed by atoms with Gasteiger partial charge in [0, 0.05) is 28.2 Å². The third-order valence-corrected chi connectivity index (χ3v) is 4.01. The van der Waals surface area contributed by atoms with E-state index < -0.39 is 17.4 Å². The molecule has 104 valence electrons. The number of hydrogen-bond donors (Lipinski definition) is 2. The number of allylic oxidation sites excluding steroid dienone is 3. The summed E-state index contributed by atoms with van der Waals surface area (Å²) in [4.78, 5) is 35.6. The van der Waals surface area contributed by atoms with Gasteiger partial charge in [-0.15, -0.1) is 0 Å². The van der Waals surface area contributed by atoms with Crippen LogP contribution >= 0.6 is 0 Å². The second kappa shape index (κ2) is 4.74. The van der Waals surface area contributed by atoms with Crippen molar-refractivity contribution in [1.82, 2.24) is 0 Å². The second-order valence-corrected chi connectivity index (χ2v) is 5.18. The van der Waals surface area contributed by atoms with Crippen molar-refractivity contribution in [1.29, 1.82) is 0 Å². The van der Waals surface area contributed by atoms with Gasteiger partial charge in [-0.25, -0.2) is 0 Å². The first-order valence-corrected chi connectivity index (χ1v) is 6.03. The Balaban J connectivity index is 3.39. The summed E-state index contributed by atoms with van der Waals surface area (Å²) in [5.41, 5.74) is 4.44. The van der Waals surface area contributed by atoms with Crippen molar-refractivity contribution in [2.24, 2.45) is 11.7 Å². The fourth-order valence-electron chi connectivity index (χ4n) is 2.13. The quantitative estimate of drug-likeness (QED) is 0.732. The molecule has 0 spiro atoms. The Morgan fingerprint density at radius 2 is 1.53 bits per heavy atom. The lowest BCUT2D eigenvalue weighted by atomic mass is 9.74. The number of aliphatic hydroxyl groups is 1. The van der Waals surface area contributed by atoms with E-state index in [1.54, 1.807) is 13.8 Å². The summed E-state index contributed by atoms with van der Waals surface area (Å²) >= 11 is 0. The molecule has 0 fully saturated rings. The molecule has 1 amide bonds. The van der Waals surface area contributed by atoms with Crippen molar-refractivity contribution >= 4 is 17.5 Å². The van der Waals surface area contributed by atoms with Gasteiger partial charge < -0.3 is 10.8 Å². The zero-order chi connectivity index (χ0) is 15.1. The minimum atomic E-state index is -1.88. The molecular weight excluding hydrogens is 246 g/mol. The van der Waals surface area contributed by atoms with Crippen LogP contribution in [0.2, 0.25) is 0 Å². The maximum absolute atomic E-state index is 12.3. The molecule has 1 rings (SSSR count). The topological polar surface area (TPSA) is 97.5 Å². The molecule has 1 aliphatic rings. The molecule has 0 heterocycles. The summed E-state index contributed by atoms with van der Waals surface area (Å²) in [5, 5.41) is 10.1. The highest BCUT2D eigenvalue weighted by atomic mass is 16.3. The highest BCUT2D eigenvalue weighted by molar-refractivity contribution is 6.25. The van der Waals surface area contributed by atoms with E-state index in [4.69, 9.17) is 5.73 Å². The van der Waals surface area contributed by atoms with Crippen LogP contribution < -0.4 is 5.73 Å². The van der Waals surface area contributed by atoms with Crippen LogP contribution in [-0.4, -0.2) is 28.2 Å². The lowest BCUT2D eigenvalue weighted by Gasteiger charge is -2.31. The van der Waals surface area contributed by atoms with Gasteiger partial charge in [0.05, 0.1) is 0 Å². The van der Waals surface area contributed by atoms with Crippen molar-refractivity contribution in [2.75, 3.05) is 0 Å². The normalized spacial score (nSPS) is 21.6. The minimum Gasteiger partial charge on any atom is -0.380 e. The van der Waals surface area contributed by atoms with E-state index in [0.29, 0.717) is 11.1 Å². The van der Waals surface area contributed by atoms with Crippen molar-refractivity contribution < 1.29 is 19.5 Å². The van der Waals surface area contributed by atoms with E-state index in [0.717, 1.165) is 0 Å². The molecule has 0 saturated carbocycles. The average Bonchev–Trinajstić information content (AvgIpc) is 2.33. The largest absolute Gasteiger partial charge is 0.380 e. The summed E-state index contributed by atoms with van der Waals surface area (Å²) in [6.07, 6.45) is 0. The fourth-order valence-corrected chi connectivity index (χ4v) is 2.13. The molecule has 3 N–H and O–H groups in total. The zero-order valence-electron chi connectivity index (χ0n) is 11.8. The highest BCUT2D eigenvalue weighted by Gasteiger charge is 2.42. The van der Waals surface area contributed by atoms with Gasteiger partial charge in [-0.05, 0) is 27.7 Å². The summed E-state index contributed by atoms with van der Waals surface area (Å²) in [6, 6.07) is 0. The zero-order valence-corrected chi connectivity index (χ0v) is 11.8. The van der Waals surface area contributed by atoms with E-state index in [-0.39, 0.29) is 22.7 Å². The number of hydrogen-bond acceptors (Lipinski definition) is 4. The van der Waals surface area contributed by atoms with Gasteiger partial charge in [0.25, 0.3) is 0 Å². The van der Waals surface area contributed by atoms with E-state index in [1.165, 1.54) is 20.8 Å². The Hall–Kier alpha value is -1.75. The van der Waals surface area contributed by atoms with E-state index in [9.17, 15) is 19.5 Å². The van der Waals surface area contributed by atoms with Crippen LogP contribution in [0.5, 0.6) is 0 Å². The van der Waals surface area contributed by atoms with Gasteiger partial charge in [-0.3, -0.25) is 14.4 Å². The maximum atomic E-state index is 12.3. The molecule has 0 aromatic rings. The molecule has 0 saturated heterocycles. The number of primary amides is 1. The summed E-state index contributed by atoms with van der Waals surface area (Å²) < 4.78 is 0. The predicted molar refractivity (Wildman–Crippen MR) is 70.1 cm³/mol. The van der Waals surface area contributed by atoms with Gasteiger partial charge >= 0.3 is 0 Å². The molecule has 5 nitrogen and oxygen atoms in total. The van der Waals surface area contributed by atoms with Crippen molar-refractivity contribution in [3.8, 4) is 0 Å². The highest BCUT2D eigenvalue weighted by Crippen LogP contribution is 2.33. The van der Waals surface area contributed by atoms with Crippen LogP contribution in [0, 0.1) is 5.92 Å². The summed E-state index contributed by atoms with van der Waals surface area (Å²) in [7, 11) is 0. The lowest BCUT2D eigenvalue weighted by Crippen LogP contribution is -2.48. The van der Waals surface area contributed by atoms with Crippen LogP contribution in [0.3, 0.4) is 0 Å². The van der Waals surface area contributed by atoms with Crippen LogP contribution in [-0.2, 0) is 14.4 Å². The smallest absolute Gasteiger partial charge is 0.249 e. The van der Waals surface area contributed by atoms with Gasteiger partial charge in [-0.2, -0.15) is 0 Å². The van der Waals surface area contributed by atoms with Gasteiger partial charge in [-0.1, -0.05) is 6.92 Å². The van der Waals surface area contributed by atoms with Gasteiger partial charge in [0.15, 0.2) is 11.6 Å². The number of nitrogens with two attached hydrogens (primary N) is 1. The Kier molecular flexibility index (Phi) is 3.82. The third kappa shape index (κ3) is 2.26. The first kappa shape index (κ1) is 15.3. The van der Waals surface area contributed by atoms with Crippen molar-refractivity contribution in [3.05, 3.63) is 22.3 Å². The first-order valence-electron chi connectivity index (χ1n) is 6.03. The van der Waals surface area contributed by atoms with E-state index in [1.807, 2.05) is 0 Å². The molecule has 5 heteroatoms. The molecule has 0 aromatic heterocycles. The molecule has 0 aromatic carbocycles. The molecule has 1 unspecified atom stereocenters. The fraction of sp³-hybridized carbons (Fsp3) is 0.500. The van der Waals surface area contributed by atoms with Crippen molar-refractivity contribution in [2.45, 2.75) is 40.2 Å². The maximum Gasteiger partial charge on any atom is 0.249 e. The van der Waals surface area contributed by atoms with Gasteiger partial charge in [0.2, 0.25) is 5.91 Å². The molecule has 0 radical (unpaired) electrons. The minimum absolute atomic E-state index is 0.164. The average molecular weight is 265 g/mol. The SMILES string of the molecule is CC1=C(C)C(=O)C(C(C)[C@@](C)(O)C(N)=O)=C(C)C1=O. The molecular formula is C14H19NO4. The molecule has 0 aliphatic heterocycles. The number of carbonyl (C=O) groups excluding carboxylic acids is 3. The Morgan fingerprint density at radius 1 is 1.11 bits per heavy atom. The van der Waals surface area contributed by atoms with Crippen LogP contribution in [0.25, 0.3) is 0 Å². The molecule has 1 aliphatic carbocycles. The monoisotopic (exact) mass is 265 g/mol.